The van der Waals surface area contributed by atoms with Gasteiger partial charge in [-0.2, -0.15) is 13.2 Å². The van der Waals surface area contributed by atoms with Gasteiger partial charge in [-0.3, -0.25) is 14.9 Å². The van der Waals surface area contributed by atoms with Crippen molar-refractivity contribution in [3.63, 3.8) is 0 Å². The second kappa shape index (κ2) is 6.15. The number of hydrogen-bond acceptors (Lipinski definition) is 4. The molecule has 1 aromatic carbocycles. The van der Waals surface area contributed by atoms with Gasteiger partial charge >= 0.3 is 6.18 Å². The zero-order valence-electron chi connectivity index (χ0n) is 12.5. The van der Waals surface area contributed by atoms with E-state index >= 15 is 0 Å². The van der Waals surface area contributed by atoms with Crippen molar-refractivity contribution in [2.24, 2.45) is 0 Å². The summed E-state index contributed by atoms with van der Waals surface area (Å²) in [5.74, 6) is -0.672. The maximum atomic E-state index is 12.7. The number of carbonyl (C=O) groups excluding carboxylic acids is 1. The van der Waals surface area contributed by atoms with Gasteiger partial charge in [0.15, 0.2) is 0 Å². The van der Waals surface area contributed by atoms with Gasteiger partial charge in [0, 0.05) is 6.07 Å². The Hall–Kier alpha value is -2.16. The highest BCUT2D eigenvalue weighted by atomic mass is 19.4. The molecule has 126 valence electrons. The van der Waals surface area contributed by atoms with Crippen LogP contribution in [0.25, 0.3) is 0 Å². The maximum Gasteiger partial charge on any atom is 0.416 e. The average molecular weight is 332 g/mol. The third kappa shape index (κ3) is 3.44. The summed E-state index contributed by atoms with van der Waals surface area (Å²) in [6.45, 7) is 3.96. The first-order valence-electron chi connectivity index (χ1n) is 6.89. The Morgan fingerprint density at radius 3 is 2.35 bits per heavy atom. The van der Waals surface area contributed by atoms with E-state index in [2.05, 4.69) is 0 Å². The van der Waals surface area contributed by atoms with E-state index in [9.17, 15) is 28.1 Å². The minimum absolute atomic E-state index is 0.268. The second-order valence-corrected chi connectivity index (χ2v) is 5.43. The number of nitro groups is 1. The van der Waals surface area contributed by atoms with E-state index in [0.717, 1.165) is 6.07 Å². The Kier molecular flexibility index (Phi) is 4.60. The van der Waals surface area contributed by atoms with Gasteiger partial charge in [0.2, 0.25) is 0 Å². The van der Waals surface area contributed by atoms with Crippen LogP contribution in [0.1, 0.15) is 29.8 Å². The topological polar surface area (TPSA) is 72.7 Å². The summed E-state index contributed by atoms with van der Waals surface area (Å²) in [6.07, 6.45) is -4.72. The summed E-state index contributed by atoms with van der Waals surface area (Å²) < 4.78 is 43.4. The van der Waals surface area contributed by atoms with Crippen molar-refractivity contribution in [3.8, 4) is 0 Å². The number of hydrogen-bond donors (Lipinski definition) is 0. The van der Waals surface area contributed by atoms with E-state index in [1.54, 1.807) is 13.8 Å². The van der Waals surface area contributed by atoms with Gasteiger partial charge < -0.3 is 9.64 Å². The number of amides is 1. The van der Waals surface area contributed by atoms with Crippen LogP contribution in [0.15, 0.2) is 18.2 Å². The Balaban J connectivity index is 2.46. The minimum Gasteiger partial charge on any atom is -0.377 e. The number of ether oxygens (including phenoxy) is 1. The number of halogens is 3. The lowest BCUT2D eigenvalue weighted by Crippen LogP contribution is -2.52. The summed E-state index contributed by atoms with van der Waals surface area (Å²) in [5.41, 5.74) is -2.37. The van der Waals surface area contributed by atoms with Gasteiger partial charge in [-0.1, -0.05) is 0 Å². The highest BCUT2D eigenvalue weighted by Crippen LogP contribution is 2.34. The number of morpholine rings is 1. The first kappa shape index (κ1) is 17.2. The first-order chi connectivity index (χ1) is 10.6. The molecule has 23 heavy (non-hydrogen) atoms. The molecule has 1 aliphatic heterocycles. The standard InChI is InChI=1S/C14H15F3N2O4/c1-8-6-23-7-9(2)18(8)13(20)11-4-3-10(14(15,16)17)5-12(11)19(21)22/h3-5,8-9H,6-7H2,1-2H3/t8-,9-/m1/s1. The molecule has 1 saturated heterocycles. The zero-order valence-corrected chi connectivity index (χ0v) is 12.5. The summed E-state index contributed by atoms with van der Waals surface area (Å²) in [6, 6.07) is 1.28. The van der Waals surface area contributed by atoms with Crippen molar-refractivity contribution in [3.05, 3.63) is 39.4 Å². The minimum atomic E-state index is -4.72. The van der Waals surface area contributed by atoms with E-state index in [-0.39, 0.29) is 30.9 Å². The molecule has 0 saturated carbocycles. The van der Waals surface area contributed by atoms with Gasteiger partial charge in [0.25, 0.3) is 11.6 Å². The van der Waals surface area contributed by atoms with Gasteiger partial charge in [-0.25, -0.2) is 0 Å². The van der Waals surface area contributed by atoms with Crippen LogP contribution in [-0.2, 0) is 10.9 Å². The van der Waals surface area contributed by atoms with Gasteiger partial charge in [-0.15, -0.1) is 0 Å². The predicted octanol–water partition coefficient (Wildman–Crippen LogP) is 2.86. The molecule has 0 unspecified atom stereocenters. The summed E-state index contributed by atoms with van der Waals surface area (Å²) in [5, 5.41) is 11.1. The normalized spacial score (nSPS) is 22.0. The molecule has 1 aromatic rings. The summed E-state index contributed by atoms with van der Waals surface area (Å²) in [4.78, 5) is 24.1. The van der Waals surface area contributed by atoms with Crippen molar-refractivity contribution in [1.82, 2.24) is 4.90 Å². The lowest BCUT2D eigenvalue weighted by Gasteiger charge is -2.38. The number of nitrogens with zero attached hydrogens (tertiary/aromatic N) is 2. The number of benzene rings is 1. The van der Waals surface area contributed by atoms with Crippen LogP contribution in [0.4, 0.5) is 18.9 Å². The van der Waals surface area contributed by atoms with Crippen molar-refractivity contribution in [1.29, 1.82) is 0 Å². The predicted molar refractivity (Wildman–Crippen MR) is 74.0 cm³/mol. The van der Waals surface area contributed by atoms with Crippen molar-refractivity contribution in [2.45, 2.75) is 32.1 Å². The lowest BCUT2D eigenvalue weighted by atomic mass is 10.0. The smallest absolute Gasteiger partial charge is 0.377 e. The quantitative estimate of drug-likeness (QED) is 0.617. The van der Waals surface area contributed by atoms with E-state index < -0.39 is 28.3 Å². The molecule has 6 nitrogen and oxygen atoms in total. The molecule has 0 aliphatic carbocycles. The van der Waals surface area contributed by atoms with E-state index in [0.29, 0.717) is 12.1 Å². The molecule has 0 radical (unpaired) electrons. The Bertz CT molecular complexity index is 623. The molecular formula is C14H15F3N2O4. The molecule has 1 amide bonds. The Morgan fingerprint density at radius 1 is 1.30 bits per heavy atom. The van der Waals surface area contributed by atoms with Crippen LogP contribution in [0, 0.1) is 10.1 Å². The van der Waals surface area contributed by atoms with Gasteiger partial charge in [0.05, 0.1) is 35.8 Å². The number of nitro benzene ring substituents is 1. The Morgan fingerprint density at radius 2 is 1.87 bits per heavy atom. The fraction of sp³-hybridized carbons (Fsp3) is 0.500. The molecule has 1 heterocycles. The fourth-order valence-corrected chi connectivity index (χ4v) is 2.58. The maximum absolute atomic E-state index is 12.7. The molecular weight excluding hydrogens is 317 g/mol. The van der Waals surface area contributed by atoms with Crippen LogP contribution in [0.3, 0.4) is 0 Å². The fourth-order valence-electron chi connectivity index (χ4n) is 2.58. The van der Waals surface area contributed by atoms with Crippen LogP contribution in [-0.4, -0.2) is 41.0 Å². The van der Waals surface area contributed by atoms with Crippen molar-refractivity contribution >= 4 is 11.6 Å². The molecule has 1 aliphatic rings. The third-order valence-electron chi connectivity index (χ3n) is 3.65. The summed E-state index contributed by atoms with van der Waals surface area (Å²) >= 11 is 0. The first-order valence-corrected chi connectivity index (χ1v) is 6.89. The number of alkyl halides is 3. The zero-order chi connectivity index (χ0) is 17.4. The van der Waals surface area contributed by atoms with Crippen LogP contribution in [0.5, 0.6) is 0 Å². The second-order valence-electron chi connectivity index (χ2n) is 5.43. The van der Waals surface area contributed by atoms with Crippen LogP contribution in [0.2, 0.25) is 0 Å². The molecule has 0 bridgehead atoms. The van der Waals surface area contributed by atoms with Crippen LogP contribution >= 0.6 is 0 Å². The van der Waals surface area contributed by atoms with Gasteiger partial charge in [-0.05, 0) is 26.0 Å². The monoisotopic (exact) mass is 332 g/mol. The Labute approximate surface area is 130 Å². The average Bonchev–Trinajstić information content (AvgIpc) is 2.45. The van der Waals surface area contributed by atoms with Crippen LogP contribution < -0.4 is 0 Å². The molecule has 0 spiro atoms. The van der Waals surface area contributed by atoms with E-state index in [4.69, 9.17) is 4.74 Å². The number of carbonyl (C=O) groups is 1. The molecule has 1 fully saturated rings. The SMILES string of the molecule is C[C@@H]1COC[C@@H](C)N1C(=O)c1ccc(C(F)(F)F)cc1[N+](=O)[O-]. The van der Waals surface area contributed by atoms with Gasteiger partial charge in [0.1, 0.15) is 5.56 Å². The number of rotatable bonds is 2. The molecule has 9 heteroatoms. The summed E-state index contributed by atoms with van der Waals surface area (Å²) in [7, 11) is 0. The van der Waals surface area contributed by atoms with Crippen molar-refractivity contribution < 1.29 is 27.6 Å². The molecule has 2 atom stereocenters. The molecule has 2 rings (SSSR count). The highest BCUT2D eigenvalue weighted by molar-refractivity contribution is 5.98. The third-order valence-corrected chi connectivity index (χ3v) is 3.65. The van der Waals surface area contributed by atoms with E-state index in [1.165, 1.54) is 4.90 Å². The lowest BCUT2D eigenvalue weighted by molar-refractivity contribution is -0.385. The highest BCUT2D eigenvalue weighted by Gasteiger charge is 2.37. The van der Waals surface area contributed by atoms with Crippen molar-refractivity contribution in [2.75, 3.05) is 13.2 Å². The molecule has 0 aromatic heterocycles. The molecule has 0 N–H and O–H groups in total. The largest absolute Gasteiger partial charge is 0.416 e. The van der Waals surface area contributed by atoms with E-state index in [1.807, 2.05) is 0 Å².